The van der Waals surface area contributed by atoms with Crippen LogP contribution in [0, 0.1) is 0 Å². The zero-order valence-corrected chi connectivity index (χ0v) is 11.0. The van der Waals surface area contributed by atoms with Gasteiger partial charge in [-0.25, -0.2) is 0 Å². The molecular weight excluding hydrogens is 234 g/mol. The summed E-state index contributed by atoms with van der Waals surface area (Å²) >= 11 is 0. The number of benzene rings is 2. The van der Waals surface area contributed by atoms with Crippen molar-refractivity contribution in [2.75, 3.05) is 0 Å². The van der Waals surface area contributed by atoms with Crippen molar-refractivity contribution < 1.29 is 4.42 Å². The summed E-state index contributed by atoms with van der Waals surface area (Å²) in [5.41, 5.74) is 3.46. The Kier molecular flexibility index (Phi) is 3.34. The summed E-state index contributed by atoms with van der Waals surface area (Å²) in [5, 5.41) is 4.72. The van der Waals surface area contributed by atoms with Gasteiger partial charge in [0.05, 0.1) is 6.26 Å². The van der Waals surface area contributed by atoms with Crippen LogP contribution in [0.3, 0.4) is 0 Å². The SMILES string of the molecule is C[C@@H](NCc1coc2ccccc12)c1ccccc1. The number of rotatable bonds is 4. The van der Waals surface area contributed by atoms with E-state index < -0.39 is 0 Å². The Morgan fingerprint density at radius 3 is 2.58 bits per heavy atom. The number of fused-ring (bicyclic) bond motifs is 1. The minimum atomic E-state index is 0.329. The first kappa shape index (κ1) is 12.0. The van der Waals surface area contributed by atoms with Crippen LogP contribution in [0.4, 0.5) is 0 Å². The zero-order chi connectivity index (χ0) is 13.1. The van der Waals surface area contributed by atoms with Gasteiger partial charge < -0.3 is 9.73 Å². The standard InChI is InChI=1S/C17H17NO/c1-13(14-7-3-2-4-8-14)18-11-15-12-19-17-10-6-5-9-16(15)17/h2-10,12-13,18H,11H2,1H3/t13-/m1/s1. The number of hydrogen-bond donors (Lipinski definition) is 1. The molecule has 0 unspecified atom stereocenters. The topological polar surface area (TPSA) is 25.2 Å². The van der Waals surface area contributed by atoms with Crippen LogP contribution in [0.25, 0.3) is 11.0 Å². The minimum Gasteiger partial charge on any atom is -0.464 e. The zero-order valence-electron chi connectivity index (χ0n) is 11.0. The normalized spacial score (nSPS) is 12.7. The molecule has 0 radical (unpaired) electrons. The largest absolute Gasteiger partial charge is 0.464 e. The molecule has 0 spiro atoms. The van der Waals surface area contributed by atoms with E-state index in [0.29, 0.717) is 6.04 Å². The van der Waals surface area contributed by atoms with Crippen LogP contribution in [0.5, 0.6) is 0 Å². The van der Waals surface area contributed by atoms with E-state index >= 15 is 0 Å². The molecule has 0 saturated heterocycles. The summed E-state index contributed by atoms with van der Waals surface area (Å²) in [7, 11) is 0. The third-order valence-electron chi connectivity index (χ3n) is 3.46. The summed E-state index contributed by atoms with van der Waals surface area (Å²) < 4.78 is 5.55. The molecule has 1 N–H and O–H groups in total. The summed E-state index contributed by atoms with van der Waals surface area (Å²) in [5.74, 6) is 0. The fourth-order valence-corrected chi connectivity index (χ4v) is 2.29. The minimum absolute atomic E-state index is 0.329. The van der Waals surface area contributed by atoms with Gasteiger partial charge in [0.25, 0.3) is 0 Å². The van der Waals surface area contributed by atoms with Crippen LogP contribution < -0.4 is 5.32 Å². The molecule has 19 heavy (non-hydrogen) atoms. The number of hydrogen-bond acceptors (Lipinski definition) is 2. The van der Waals surface area contributed by atoms with Crippen molar-refractivity contribution in [3.05, 3.63) is 72.0 Å². The van der Waals surface area contributed by atoms with Gasteiger partial charge in [0.15, 0.2) is 0 Å². The van der Waals surface area contributed by atoms with Crippen molar-refractivity contribution >= 4 is 11.0 Å². The van der Waals surface area contributed by atoms with Crippen molar-refractivity contribution in [2.24, 2.45) is 0 Å². The first-order chi connectivity index (χ1) is 9.34. The Bertz CT molecular complexity index is 657. The maximum Gasteiger partial charge on any atom is 0.134 e. The third-order valence-corrected chi connectivity index (χ3v) is 3.46. The summed E-state index contributed by atoms with van der Waals surface area (Å²) in [4.78, 5) is 0. The van der Waals surface area contributed by atoms with E-state index in [9.17, 15) is 0 Å². The molecule has 2 nitrogen and oxygen atoms in total. The second-order valence-electron chi connectivity index (χ2n) is 4.77. The first-order valence-electron chi connectivity index (χ1n) is 6.58. The Balaban J connectivity index is 1.73. The van der Waals surface area contributed by atoms with Crippen molar-refractivity contribution in [3.63, 3.8) is 0 Å². The van der Waals surface area contributed by atoms with Gasteiger partial charge in [-0.15, -0.1) is 0 Å². The Morgan fingerprint density at radius 1 is 1.00 bits per heavy atom. The van der Waals surface area contributed by atoms with E-state index in [0.717, 1.165) is 12.1 Å². The summed E-state index contributed by atoms with van der Waals surface area (Å²) in [6.07, 6.45) is 1.84. The van der Waals surface area contributed by atoms with Crippen LogP contribution in [0.2, 0.25) is 0 Å². The predicted octanol–water partition coefficient (Wildman–Crippen LogP) is 4.28. The van der Waals surface area contributed by atoms with Gasteiger partial charge in [-0.2, -0.15) is 0 Å². The van der Waals surface area contributed by atoms with E-state index in [4.69, 9.17) is 4.42 Å². The van der Waals surface area contributed by atoms with Crippen LogP contribution in [0.15, 0.2) is 65.3 Å². The molecule has 1 aromatic heterocycles. The highest BCUT2D eigenvalue weighted by atomic mass is 16.3. The smallest absolute Gasteiger partial charge is 0.134 e. The summed E-state index contributed by atoms with van der Waals surface area (Å²) in [6.45, 7) is 2.99. The number of furan rings is 1. The quantitative estimate of drug-likeness (QED) is 0.748. The van der Waals surface area contributed by atoms with Gasteiger partial charge >= 0.3 is 0 Å². The van der Waals surface area contributed by atoms with E-state index in [-0.39, 0.29) is 0 Å². The molecule has 0 amide bonds. The van der Waals surface area contributed by atoms with Crippen LogP contribution in [0.1, 0.15) is 24.1 Å². The maximum atomic E-state index is 5.55. The molecule has 1 atom stereocenters. The molecule has 0 aliphatic carbocycles. The van der Waals surface area contributed by atoms with Crippen molar-refractivity contribution in [2.45, 2.75) is 19.5 Å². The van der Waals surface area contributed by atoms with Gasteiger partial charge in [-0.3, -0.25) is 0 Å². The van der Waals surface area contributed by atoms with E-state index in [1.54, 1.807) is 0 Å². The fraction of sp³-hybridized carbons (Fsp3) is 0.176. The van der Waals surface area contributed by atoms with E-state index in [2.05, 4.69) is 42.6 Å². The van der Waals surface area contributed by atoms with Crippen molar-refractivity contribution in [1.29, 1.82) is 0 Å². The van der Waals surface area contributed by atoms with Crippen LogP contribution >= 0.6 is 0 Å². The lowest BCUT2D eigenvalue weighted by Gasteiger charge is -2.13. The maximum absolute atomic E-state index is 5.55. The van der Waals surface area contributed by atoms with Gasteiger partial charge in [0, 0.05) is 23.5 Å². The van der Waals surface area contributed by atoms with Crippen molar-refractivity contribution in [1.82, 2.24) is 5.32 Å². The van der Waals surface area contributed by atoms with Gasteiger partial charge in [0.1, 0.15) is 5.58 Å². The lowest BCUT2D eigenvalue weighted by Crippen LogP contribution is -2.17. The average Bonchev–Trinajstić information content (AvgIpc) is 2.89. The average molecular weight is 251 g/mol. The van der Waals surface area contributed by atoms with Crippen LogP contribution in [-0.4, -0.2) is 0 Å². The molecule has 2 aromatic carbocycles. The molecule has 0 aliphatic rings. The van der Waals surface area contributed by atoms with Gasteiger partial charge in [-0.05, 0) is 18.6 Å². The molecule has 1 heterocycles. The van der Waals surface area contributed by atoms with E-state index in [1.807, 2.05) is 30.5 Å². The molecule has 0 fully saturated rings. The lowest BCUT2D eigenvalue weighted by atomic mass is 10.1. The third kappa shape index (κ3) is 2.54. The molecule has 0 aliphatic heterocycles. The van der Waals surface area contributed by atoms with Crippen LogP contribution in [-0.2, 0) is 6.54 Å². The highest BCUT2D eigenvalue weighted by Gasteiger charge is 2.07. The monoisotopic (exact) mass is 251 g/mol. The molecule has 3 rings (SSSR count). The Labute approximate surface area is 113 Å². The number of para-hydroxylation sites is 1. The predicted molar refractivity (Wildman–Crippen MR) is 77.9 cm³/mol. The molecule has 96 valence electrons. The summed E-state index contributed by atoms with van der Waals surface area (Å²) in [6, 6.07) is 18.9. The Hall–Kier alpha value is -2.06. The Morgan fingerprint density at radius 2 is 1.74 bits per heavy atom. The molecule has 0 saturated carbocycles. The number of nitrogens with one attached hydrogen (secondary N) is 1. The highest BCUT2D eigenvalue weighted by Crippen LogP contribution is 2.21. The fourth-order valence-electron chi connectivity index (χ4n) is 2.29. The lowest BCUT2D eigenvalue weighted by molar-refractivity contribution is 0.562. The second-order valence-corrected chi connectivity index (χ2v) is 4.77. The van der Waals surface area contributed by atoms with Gasteiger partial charge in [-0.1, -0.05) is 48.5 Å². The molecule has 2 heteroatoms. The van der Waals surface area contributed by atoms with Crippen molar-refractivity contribution in [3.8, 4) is 0 Å². The molecule has 0 bridgehead atoms. The molecule has 3 aromatic rings. The highest BCUT2D eigenvalue weighted by molar-refractivity contribution is 5.80. The molecular formula is C17H17NO. The first-order valence-corrected chi connectivity index (χ1v) is 6.58. The van der Waals surface area contributed by atoms with Gasteiger partial charge in [0.2, 0.25) is 0 Å². The van der Waals surface area contributed by atoms with E-state index in [1.165, 1.54) is 16.5 Å². The second kappa shape index (κ2) is 5.29.